The van der Waals surface area contributed by atoms with Crippen molar-refractivity contribution < 1.29 is 14.3 Å². The van der Waals surface area contributed by atoms with E-state index in [9.17, 15) is 10.1 Å². The topological polar surface area (TPSA) is 135 Å². The molecule has 10 nitrogen and oxygen atoms in total. The van der Waals surface area contributed by atoms with Gasteiger partial charge >= 0.3 is 6.09 Å². The minimum Gasteiger partial charge on any atom is -0.444 e. The Morgan fingerprint density at radius 2 is 2.17 bits per heavy atom. The van der Waals surface area contributed by atoms with E-state index in [1.165, 1.54) is 4.90 Å². The first kappa shape index (κ1) is 25.3. The number of hydrogen-bond acceptors (Lipinski definition) is 7. The highest BCUT2D eigenvalue weighted by molar-refractivity contribution is 5.81. The molecule has 10 heteroatoms. The highest BCUT2D eigenvalue weighted by Crippen LogP contribution is 2.34. The predicted octanol–water partition coefficient (Wildman–Crippen LogP) is 4.85. The lowest BCUT2D eigenvalue weighted by Gasteiger charge is -2.25. The number of amides is 1. The lowest BCUT2D eigenvalue weighted by Crippen LogP contribution is -2.36. The van der Waals surface area contributed by atoms with Gasteiger partial charge in [0.15, 0.2) is 11.9 Å². The maximum absolute atomic E-state index is 12.5. The molecule has 1 saturated heterocycles. The lowest BCUT2D eigenvalue weighted by molar-refractivity contribution is -0.0383. The van der Waals surface area contributed by atoms with Crippen molar-refractivity contribution in [2.24, 2.45) is 0 Å². The van der Waals surface area contributed by atoms with Crippen LogP contribution in [-0.4, -0.2) is 49.5 Å². The van der Waals surface area contributed by atoms with Crippen LogP contribution in [0.3, 0.4) is 0 Å². The summed E-state index contributed by atoms with van der Waals surface area (Å²) in [6.45, 7) is 8.66. The van der Waals surface area contributed by atoms with Crippen molar-refractivity contribution in [3.8, 4) is 28.6 Å². The number of nitriles is 1. The maximum atomic E-state index is 12.5. The fraction of sp³-hybridized carbons (Fsp3) is 0.462. The minimum absolute atomic E-state index is 0.0866. The fourth-order valence-electron chi connectivity index (χ4n) is 4.22. The number of anilines is 1. The lowest BCUT2D eigenvalue weighted by atomic mass is 10.0. The Hall–Kier alpha value is -3.84. The molecule has 3 N–H and O–H groups in total. The Bertz CT molecular complexity index is 1260. The van der Waals surface area contributed by atoms with Crippen LogP contribution in [-0.2, 0) is 16.0 Å². The average molecular weight is 492 g/mol. The van der Waals surface area contributed by atoms with Gasteiger partial charge in [-0.1, -0.05) is 12.1 Å². The van der Waals surface area contributed by atoms with E-state index < -0.39 is 11.7 Å². The summed E-state index contributed by atoms with van der Waals surface area (Å²) in [5.74, 6) is 0.477. The van der Waals surface area contributed by atoms with Gasteiger partial charge < -0.3 is 25.1 Å². The third-order valence-corrected chi connectivity index (χ3v) is 5.95. The summed E-state index contributed by atoms with van der Waals surface area (Å²) < 4.78 is 13.3. The third kappa shape index (κ3) is 5.52. The zero-order chi connectivity index (χ0) is 25.9. The Labute approximate surface area is 211 Å². The molecule has 1 unspecified atom stereocenters. The van der Waals surface area contributed by atoms with Gasteiger partial charge in [-0.3, -0.25) is 0 Å². The van der Waals surface area contributed by atoms with Gasteiger partial charge in [0.1, 0.15) is 17.5 Å². The van der Waals surface area contributed by atoms with Gasteiger partial charge in [0.25, 0.3) is 0 Å². The van der Waals surface area contributed by atoms with Crippen LogP contribution >= 0.6 is 0 Å². The largest absolute Gasteiger partial charge is 0.444 e. The van der Waals surface area contributed by atoms with Crippen molar-refractivity contribution in [3.63, 3.8) is 0 Å². The summed E-state index contributed by atoms with van der Waals surface area (Å²) >= 11 is 0. The van der Waals surface area contributed by atoms with E-state index in [0.29, 0.717) is 29.3 Å². The van der Waals surface area contributed by atoms with Crippen LogP contribution in [0.5, 0.6) is 0 Å². The second-order valence-electron chi connectivity index (χ2n) is 9.80. The quantitative estimate of drug-likeness (QED) is 0.471. The Morgan fingerprint density at radius 3 is 2.81 bits per heavy atom. The van der Waals surface area contributed by atoms with Crippen LogP contribution in [0, 0.1) is 11.3 Å². The van der Waals surface area contributed by atoms with Gasteiger partial charge in [0, 0.05) is 36.2 Å². The van der Waals surface area contributed by atoms with E-state index in [1.807, 2.05) is 56.6 Å². The summed E-state index contributed by atoms with van der Waals surface area (Å²) in [5, 5.41) is 14.2. The van der Waals surface area contributed by atoms with E-state index in [0.717, 1.165) is 37.1 Å². The van der Waals surface area contributed by atoms with E-state index >= 15 is 0 Å². The fourth-order valence-corrected chi connectivity index (χ4v) is 4.22. The van der Waals surface area contributed by atoms with E-state index in [1.54, 1.807) is 6.20 Å². The highest BCUT2D eigenvalue weighted by Gasteiger charge is 2.24. The van der Waals surface area contributed by atoms with Gasteiger partial charge in [-0.15, -0.1) is 0 Å². The molecule has 3 heterocycles. The van der Waals surface area contributed by atoms with Gasteiger partial charge in [-0.2, -0.15) is 10.4 Å². The van der Waals surface area contributed by atoms with Crippen LogP contribution in [0.15, 0.2) is 30.5 Å². The number of imidazole rings is 1. The van der Waals surface area contributed by atoms with Crippen LogP contribution in [0.4, 0.5) is 10.5 Å². The molecule has 190 valence electrons. The number of rotatable bonds is 6. The number of nitrogen functional groups attached to an aromatic ring is 1. The second-order valence-corrected chi connectivity index (χ2v) is 9.80. The van der Waals surface area contributed by atoms with Crippen molar-refractivity contribution in [2.75, 3.05) is 18.9 Å². The molecular weight excluding hydrogens is 458 g/mol. The van der Waals surface area contributed by atoms with Crippen molar-refractivity contribution >= 4 is 11.8 Å². The standard InChI is InChI=1S/C26H33N7O3/c1-5-32(25(34)36-26(2,3)4)16-22-30-20(15-27)24(31-22)18-10-9-17(14-19(18)28)21-11-12-29-33(21)23-8-6-7-13-35-23/h9-12,14,23H,5-8,13,16,28H2,1-4H3,(H,30,31). The molecule has 3 aromatic rings. The smallest absolute Gasteiger partial charge is 0.410 e. The van der Waals surface area contributed by atoms with Crippen molar-refractivity contribution in [2.45, 2.75) is 65.3 Å². The molecule has 1 amide bonds. The molecule has 4 rings (SSSR count). The van der Waals surface area contributed by atoms with Crippen LogP contribution < -0.4 is 5.73 Å². The molecule has 1 fully saturated rings. The van der Waals surface area contributed by atoms with Crippen LogP contribution in [0.1, 0.15) is 64.7 Å². The van der Waals surface area contributed by atoms with Gasteiger partial charge in [0.2, 0.25) is 0 Å². The molecule has 1 atom stereocenters. The Kier molecular flexibility index (Phi) is 7.31. The van der Waals surface area contributed by atoms with Crippen molar-refractivity contribution in [3.05, 3.63) is 42.0 Å². The van der Waals surface area contributed by atoms with E-state index in [-0.39, 0.29) is 18.5 Å². The first-order chi connectivity index (χ1) is 17.2. The molecule has 1 aliphatic heterocycles. The van der Waals surface area contributed by atoms with E-state index in [4.69, 9.17) is 15.2 Å². The molecule has 0 radical (unpaired) electrons. The summed E-state index contributed by atoms with van der Waals surface area (Å²) in [7, 11) is 0. The molecule has 0 spiro atoms. The van der Waals surface area contributed by atoms with Gasteiger partial charge in [-0.05, 0) is 59.1 Å². The number of aromatic nitrogens is 4. The molecule has 0 saturated carbocycles. The van der Waals surface area contributed by atoms with E-state index in [2.05, 4.69) is 21.1 Å². The molecule has 36 heavy (non-hydrogen) atoms. The number of carbonyl (C=O) groups is 1. The number of ether oxygens (including phenoxy) is 2. The summed E-state index contributed by atoms with van der Waals surface area (Å²) in [6, 6.07) is 9.76. The second kappa shape index (κ2) is 10.4. The average Bonchev–Trinajstić information content (AvgIpc) is 3.49. The zero-order valence-electron chi connectivity index (χ0n) is 21.2. The highest BCUT2D eigenvalue weighted by atomic mass is 16.6. The number of carbonyl (C=O) groups excluding carboxylic acids is 1. The number of aromatic amines is 1. The maximum Gasteiger partial charge on any atom is 0.410 e. The van der Waals surface area contributed by atoms with Crippen molar-refractivity contribution in [1.82, 2.24) is 24.6 Å². The number of nitrogens with one attached hydrogen (secondary N) is 1. The number of nitrogens with two attached hydrogens (primary N) is 1. The number of H-pyrrole nitrogens is 1. The molecule has 0 bridgehead atoms. The molecular formula is C26H33N7O3. The monoisotopic (exact) mass is 491 g/mol. The van der Waals surface area contributed by atoms with Gasteiger partial charge in [-0.25, -0.2) is 14.5 Å². The summed E-state index contributed by atoms with van der Waals surface area (Å²) in [4.78, 5) is 21.7. The Morgan fingerprint density at radius 1 is 1.36 bits per heavy atom. The van der Waals surface area contributed by atoms with Gasteiger partial charge in [0.05, 0.1) is 17.9 Å². The zero-order valence-corrected chi connectivity index (χ0v) is 21.2. The Balaban J connectivity index is 1.59. The molecule has 1 aliphatic rings. The molecule has 0 aliphatic carbocycles. The first-order valence-corrected chi connectivity index (χ1v) is 12.2. The SMILES string of the molecule is CCN(Cc1nc(C#N)c(-c2ccc(-c3ccnn3C3CCCCO3)cc2N)[nH]1)C(=O)OC(C)(C)C. The summed E-state index contributed by atoms with van der Waals surface area (Å²) in [5.41, 5.74) is 9.57. The van der Waals surface area contributed by atoms with Crippen LogP contribution in [0.25, 0.3) is 22.5 Å². The molecule has 1 aromatic carbocycles. The predicted molar refractivity (Wildman–Crippen MR) is 136 cm³/mol. The summed E-state index contributed by atoms with van der Waals surface area (Å²) in [6.07, 6.45) is 4.32. The van der Waals surface area contributed by atoms with Crippen LogP contribution in [0.2, 0.25) is 0 Å². The normalized spacial score (nSPS) is 15.9. The number of nitrogens with zero attached hydrogens (tertiary/aromatic N) is 5. The minimum atomic E-state index is -0.606. The van der Waals surface area contributed by atoms with Crippen molar-refractivity contribution in [1.29, 1.82) is 5.26 Å². The third-order valence-electron chi connectivity index (χ3n) is 5.95. The molecule has 2 aromatic heterocycles. The number of benzene rings is 1. The number of hydrogen-bond donors (Lipinski definition) is 2. The first-order valence-electron chi connectivity index (χ1n) is 12.2.